The molecule has 0 aromatic carbocycles. The zero-order chi connectivity index (χ0) is 16.0. The Kier molecular flexibility index (Phi) is 6.60. The monoisotopic (exact) mass is 320 g/mol. The van der Waals surface area contributed by atoms with Crippen LogP contribution in [-0.4, -0.2) is 54.1 Å². The second kappa shape index (κ2) is 7.74. The van der Waals surface area contributed by atoms with Crippen LogP contribution in [0.5, 0.6) is 0 Å². The van der Waals surface area contributed by atoms with Crippen molar-refractivity contribution in [2.24, 2.45) is 0 Å². The van der Waals surface area contributed by atoms with Crippen LogP contribution in [0.2, 0.25) is 0 Å². The Bertz CT molecular complexity index is 477. The predicted molar refractivity (Wildman–Crippen MR) is 78.3 cm³/mol. The summed E-state index contributed by atoms with van der Waals surface area (Å²) in [4.78, 5) is 22.9. The number of piperidine rings is 1. The van der Waals surface area contributed by atoms with E-state index >= 15 is 0 Å². The highest BCUT2D eigenvalue weighted by Gasteiger charge is 2.36. The SMILES string of the molecule is CCCS(=O)(=O)N1CCCCC1C(=O)NC(C)CC(=O)O. The summed E-state index contributed by atoms with van der Waals surface area (Å²) in [5.74, 6) is -1.37. The number of carboxylic acids is 1. The maximum absolute atomic E-state index is 12.2. The molecule has 122 valence electrons. The number of hydrogen-bond donors (Lipinski definition) is 2. The summed E-state index contributed by atoms with van der Waals surface area (Å²) in [5.41, 5.74) is 0. The van der Waals surface area contributed by atoms with Crippen molar-refractivity contribution in [2.75, 3.05) is 12.3 Å². The molecule has 0 saturated carbocycles. The molecule has 1 rings (SSSR count). The van der Waals surface area contributed by atoms with Crippen molar-refractivity contribution in [2.45, 2.75) is 58.0 Å². The summed E-state index contributed by atoms with van der Waals surface area (Å²) in [6.45, 7) is 3.74. The van der Waals surface area contributed by atoms with Gasteiger partial charge in [0.25, 0.3) is 0 Å². The van der Waals surface area contributed by atoms with Crippen molar-refractivity contribution in [1.29, 1.82) is 0 Å². The van der Waals surface area contributed by atoms with Gasteiger partial charge in [-0.2, -0.15) is 4.31 Å². The summed E-state index contributed by atoms with van der Waals surface area (Å²) in [7, 11) is -3.43. The molecule has 0 aromatic rings. The standard InChI is InChI=1S/C13H24N2O5S/c1-3-8-21(19,20)15-7-5-4-6-11(15)13(18)14-10(2)9-12(16)17/h10-11H,3-9H2,1-2H3,(H,14,18)(H,16,17). The number of nitrogens with zero attached hydrogens (tertiary/aromatic N) is 1. The molecule has 2 N–H and O–H groups in total. The first-order valence-corrected chi connectivity index (χ1v) is 8.90. The molecule has 2 unspecified atom stereocenters. The average molecular weight is 320 g/mol. The lowest BCUT2D eigenvalue weighted by Gasteiger charge is -2.34. The number of amides is 1. The first-order valence-electron chi connectivity index (χ1n) is 7.29. The maximum atomic E-state index is 12.2. The number of carbonyl (C=O) groups is 2. The van der Waals surface area contributed by atoms with Crippen molar-refractivity contribution in [3.63, 3.8) is 0 Å². The van der Waals surface area contributed by atoms with Gasteiger partial charge in [-0.05, 0) is 26.2 Å². The highest BCUT2D eigenvalue weighted by Crippen LogP contribution is 2.21. The van der Waals surface area contributed by atoms with Gasteiger partial charge in [0.2, 0.25) is 15.9 Å². The number of hydrogen-bond acceptors (Lipinski definition) is 4. The van der Waals surface area contributed by atoms with Gasteiger partial charge >= 0.3 is 5.97 Å². The van der Waals surface area contributed by atoms with E-state index in [-0.39, 0.29) is 12.2 Å². The van der Waals surface area contributed by atoms with E-state index in [2.05, 4.69) is 5.32 Å². The first-order chi connectivity index (χ1) is 9.77. The molecule has 21 heavy (non-hydrogen) atoms. The molecule has 1 amide bonds. The van der Waals surface area contributed by atoms with E-state index in [9.17, 15) is 18.0 Å². The van der Waals surface area contributed by atoms with Gasteiger partial charge in [-0.3, -0.25) is 9.59 Å². The Labute approximate surface area is 125 Å². The lowest BCUT2D eigenvalue weighted by molar-refractivity contribution is -0.137. The van der Waals surface area contributed by atoms with Gasteiger partial charge in [0.05, 0.1) is 12.2 Å². The molecule has 1 saturated heterocycles. The van der Waals surface area contributed by atoms with Crippen LogP contribution in [0, 0.1) is 0 Å². The Morgan fingerprint density at radius 3 is 2.62 bits per heavy atom. The van der Waals surface area contributed by atoms with E-state index in [0.717, 1.165) is 12.8 Å². The number of carboxylic acid groups (broad SMARTS) is 1. The number of aliphatic carboxylic acids is 1. The quantitative estimate of drug-likeness (QED) is 0.713. The first kappa shape index (κ1) is 17.9. The van der Waals surface area contributed by atoms with Crippen LogP contribution in [0.1, 0.15) is 46.0 Å². The third-order valence-corrected chi connectivity index (χ3v) is 5.52. The van der Waals surface area contributed by atoms with E-state index in [1.54, 1.807) is 13.8 Å². The van der Waals surface area contributed by atoms with Gasteiger partial charge in [-0.1, -0.05) is 13.3 Å². The second-order valence-corrected chi connectivity index (χ2v) is 7.49. The molecule has 2 atom stereocenters. The molecule has 7 nitrogen and oxygen atoms in total. The third-order valence-electron chi connectivity index (χ3n) is 3.45. The molecule has 1 aliphatic rings. The highest BCUT2D eigenvalue weighted by molar-refractivity contribution is 7.89. The van der Waals surface area contributed by atoms with Gasteiger partial charge in [-0.15, -0.1) is 0 Å². The van der Waals surface area contributed by atoms with Crippen LogP contribution >= 0.6 is 0 Å². The van der Waals surface area contributed by atoms with Gasteiger partial charge in [-0.25, -0.2) is 8.42 Å². The number of carbonyl (C=O) groups excluding carboxylic acids is 1. The van der Waals surface area contributed by atoms with E-state index < -0.39 is 34.0 Å². The second-order valence-electron chi connectivity index (χ2n) is 5.45. The van der Waals surface area contributed by atoms with Gasteiger partial charge < -0.3 is 10.4 Å². The van der Waals surface area contributed by atoms with Crippen molar-refractivity contribution < 1.29 is 23.1 Å². The minimum Gasteiger partial charge on any atom is -0.481 e. The average Bonchev–Trinajstić information content (AvgIpc) is 2.37. The van der Waals surface area contributed by atoms with Crippen LogP contribution < -0.4 is 5.32 Å². The van der Waals surface area contributed by atoms with Crippen LogP contribution in [0.4, 0.5) is 0 Å². The fourth-order valence-electron chi connectivity index (χ4n) is 2.53. The smallest absolute Gasteiger partial charge is 0.305 e. The van der Waals surface area contributed by atoms with Crippen LogP contribution in [0.15, 0.2) is 0 Å². The van der Waals surface area contributed by atoms with Gasteiger partial charge in [0.1, 0.15) is 6.04 Å². The topological polar surface area (TPSA) is 104 Å². The van der Waals surface area contributed by atoms with Gasteiger partial charge in [0.15, 0.2) is 0 Å². The van der Waals surface area contributed by atoms with E-state index in [0.29, 0.717) is 19.4 Å². The number of rotatable bonds is 7. The minimum atomic E-state index is -3.43. The normalized spacial score (nSPS) is 21.7. The minimum absolute atomic E-state index is 0.0292. The highest BCUT2D eigenvalue weighted by atomic mass is 32.2. The largest absolute Gasteiger partial charge is 0.481 e. The molecule has 1 aliphatic heterocycles. The third kappa shape index (κ3) is 5.28. The van der Waals surface area contributed by atoms with Crippen molar-refractivity contribution >= 4 is 21.9 Å². The number of sulfonamides is 1. The summed E-state index contributed by atoms with van der Waals surface area (Å²) in [6.07, 6.45) is 2.35. The molecule has 1 fully saturated rings. The van der Waals surface area contributed by atoms with Crippen LogP contribution in [0.25, 0.3) is 0 Å². The number of nitrogens with one attached hydrogen (secondary N) is 1. The molecule has 0 bridgehead atoms. The van der Waals surface area contributed by atoms with Crippen LogP contribution in [-0.2, 0) is 19.6 Å². The molecule has 0 aliphatic carbocycles. The zero-order valence-electron chi connectivity index (χ0n) is 12.5. The molecule has 0 radical (unpaired) electrons. The summed E-state index contributed by atoms with van der Waals surface area (Å²) in [6, 6.07) is -1.24. The Morgan fingerprint density at radius 2 is 2.05 bits per heavy atom. The summed E-state index contributed by atoms with van der Waals surface area (Å²) >= 11 is 0. The summed E-state index contributed by atoms with van der Waals surface area (Å²) in [5, 5.41) is 11.3. The molecule has 1 heterocycles. The van der Waals surface area contributed by atoms with Crippen LogP contribution in [0.3, 0.4) is 0 Å². The van der Waals surface area contributed by atoms with E-state index in [1.807, 2.05) is 0 Å². The van der Waals surface area contributed by atoms with E-state index in [4.69, 9.17) is 5.11 Å². The van der Waals surface area contributed by atoms with E-state index in [1.165, 1.54) is 4.31 Å². The van der Waals surface area contributed by atoms with Crippen molar-refractivity contribution in [3.05, 3.63) is 0 Å². The molecule has 0 spiro atoms. The lowest BCUT2D eigenvalue weighted by atomic mass is 10.0. The lowest BCUT2D eigenvalue weighted by Crippen LogP contribution is -2.53. The zero-order valence-corrected chi connectivity index (χ0v) is 13.4. The fourth-order valence-corrected chi connectivity index (χ4v) is 4.27. The Hall–Kier alpha value is -1.15. The van der Waals surface area contributed by atoms with Gasteiger partial charge in [0, 0.05) is 12.6 Å². The predicted octanol–water partition coefficient (Wildman–Crippen LogP) is 0.560. The molecule has 8 heteroatoms. The molecular weight excluding hydrogens is 296 g/mol. The molecular formula is C13H24N2O5S. The Morgan fingerprint density at radius 1 is 1.38 bits per heavy atom. The summed E-state index contributed by atoms with van der Waals surface area (Å²) < 4.78 is 25.7. The fraction of sp³-hybridized carbons (Fsp3) is 0.846. The maximum Gasteiger partial charge on any atom is 0.305 e. The van der Waals surface area contributed by atoms with Crippen molar-refractivity contribution in [3.8, 4) is 0 Å². The molecule has 0 aromatic heterocycles. The van der Waals surface area contributed by atoms with Crippen molar-refractivity contribution in [1.82, 2.24) is 9.62 Å². The Balaban J connectivity index is 2.77.